The van der Waals surface area contributed by atoms with Crippen molar-refractivity contribution in [3.8, 4) is 0 Å². The number of rotatable bonds is 4. The van der Waals surface area contributed by atoms with Crippen molar-refractivity contribution >= 4 is 0 Å². The monoisotopic (exact) mass is 158 g/mol. The summed E-state index contributed by atoms with van der Waals surface area (Å²) < 4.78 is 5.35. The molecule has 0 aromatic heterocycles. The van der Waals surface area contributed by atoms with Crippen LogP contribution < -0.4 is 0 Å². The predicted octanol–water partition coefficient (Wildman–Crippen LogP) is 1.43. The molecule has 0 amide bonds. The standard InChI is InChI=1S/C9H18O2/c1-3-7(2)4-9-8(5-10)6-11-9/h7-10H,3-6H2,1-2H3. The normalized spacial score (nSPS) is 33.0. The third kappa shape index (κ3) is 2.17. The van der Waals surface area contributed by atoms with E-state index in [1.54, 1.807) is 0 Å². The smallest absolute Gasteiger partial charge is 0.0650 e. The van der Waals surface area contributed by atoms with Gasteiger partial charge in [0, 0.05) is 5.92 Å². The molecule has 0 radical (unpaired) electrons. The molecule has 1 rings (SSSR count). The lowest BCUT2D eigenvalue weighted by Crippen LogP contribution is -2.42. The van der Waals surface area contributed by atoms with Crippen molar-refractivity contribution in [2.45, 2.75) is 32.8 Å². The summed E-state index contributed by atoms with van der Waals surface area (Å²) in [4.78, 5) is 0. The Hall–Kier alpha value is -0.0800. The van der Waals surface area contributed by atoms with Gasteiger partial charge in [-0.3, -0.25) is 0 Å². The van der Waals surface area contributed by atoms with E-state index >= 15 is 0 Å². The van der Waals surface area contributed by atoms with E-state index in [2.05, 4.69) is 13.8 Å². The minimum absolute atomic E-state index is 0.293. The Balaban J connectivity index is 2.16. The molecule has 0 saturated carbocycles. The summed E-state index contributed by atoms with van der Waals surface area (Å²) >= 11 is 0. The second-order valence-electron chi connectivity index (χ2n) is 3.56. The van der Waals surface area contributed by atoms with Gasteiger partial charge in [0.25, 0.3) is 0 Å². The molecule has 0 bridgehead atoms. The largest absolute Gasteiger partial charge is 0.396 e. The highest BCUT2D eigenvalue weighted by molar-refractivity contribution is 4.79. The van der Waals surface area contributed by atoms with E-state index in [0.29, 0.717) is 18.6 Å². The highest BCUT2D eigenvalue weighted by atomic mass is 16.5. The first kappa shape index (κ1) is 9.01. The lowest BCUT2D eigenvalue weighted by molar-refractivity contribution is -0.139. The van der Waals surface area contributed by atoms with Gasteiger partial charge in [0.1, 0.15) is 0 Å². The summed E-state index contributed by atoms with van der Waals surface area (Å²) in [5.41, 5.74) is 0. The van der Waals surface area contributed by atoms with Crippen LogP contribution in [-0.2, 0) is 4.74 Å². The quantitative estimate of drug-likeness (QED) is 0.670. The van der Waals surface area contributed by atoms with E-state index in [9.17, 15) is 0 Å². The van der Waals surface area contributed by atoms with E-state index in [4.69, 9.17) is 9.84 Å². The number of ether oxygens (including phenoxy) is 1. The minimum Gasteiger partial charge on any atom is -0.396 e. The molecule has 0 spiro atoms. The van der Waals surface area contributed by atoms with E-state index in [0.717, 1.165) is 18.9 Å². The maximum atomic E-state index is 8.86. The van der Waals surface area contributed by atoms with Gasteiger partial charge in [-0.05, 0) is 12.3 Å². The zero-order valence-electron chi connectivity index (χ0n) is 7.42. The fourth-order valence-corrected chi connectivity index (χ4v) is 1.36. The highest BCUT2D eigenvalue weighted by Crippen LogP contribution is 2.26. The molecule has 1 fully saturated rings. The molecule has 1 saturated heterocycles. The lowest BCUT2D eigenvalue weighted by Gasteiger charge is -2.37. The molecule has 0 aromatic carbocycles. The topological polar surface area (TPSA) is 29.5 Å². The van der Waals surface area contributed by atoms with Crippen molar-refractivity contribution in [1.82, 2.24) is 0 Å². The summed E-state index contributed by atoms with van der Waals surface area (Å²) in [6, 6.07) is 0. The van der Waals surface area contributed by atoms with Crippen molar-refractivity contribution in [2.24, 2.45) is 11.8 Å². The first-order chi connectivity index (χ1) is 5.27. The van der Waals surface area contributed by atoms with Crippen LogP contribution in [0.25, 0.3) is 0 Å². The fourth-order valence-electron chi connectivity index (χ4n) is 1.36. The van der Waals surface area contributed by atoms with Gasteiger partial charge in [0.05, 0.1) is 19.3 Å². The first-order valence-electron chi connectivity index (χ1n) is 4.50. The number of aliphatic hydroxyl groups is 1. The summed E-state index contributed by atoms with van der Waals surface area (Å²) in [7, 11) is 0. The molecule has 0 aliphatic carbocycles. The Morgan fingerprint density at radius 1 is 1.64 bits per heavy atom. The number of hydrogen-bond acceptors (Lipinski definition) is 2. The summed E-state index contributed by atoms with van der Waals surface area (Å²) in [6.07, 6.45) is 2.66. The average molecular weight is 158 g/mol. The van der Waals surface area contributed by atoms with Crippen LogP contribution >= 0.6 is 0 Å². The zero-order chi connectivity index (χ0) is 8.27. The van der Waals surface area contributed by atoms with Crippen LogP contribution in [0, 0.1) is 11.8 Å². The van der Waals surface area contributed by atoms with Gasteiger partial charge < -0.3 is 9.84 Å². The minimum atomic E-state index is 0.293. The third-order valence-corrected chi connectivity index (χ3v) is 2.62. The second-order valence-corrected chi connectivity index (χ2v) is 3.56. The Morgan fingerprint density at radius 3 is 2.73 bits per heavy atom. The second kappa shape index (κ2) is 4.07. The third-order valence-electron chi connectivity index (χ3n) is 2.62. The van der Waals surface area contributed by atoms with Crippen LogP contribution in [0.2, 0.25) is 0 Å². The molecule has 1 heterocycles. The molecule has 1 N–H and O–H groups in total. The molecule has 3 unspecified atom stereocenters. The maximum absolute atomic E-state index is 8.86. The van der Waals surface area contributed by atoms with Gasteiger partial charge in [-0.1, -0.05) is 20.3 Å². The van der Waals surface area contributed by atoms with E-state index in [1.165, 1.54) is 6.42 Å². The van der Waals surface area contributed by atoms with Gasteiger partial charge in [0.2, 0.25) is 0 Å². The summed E-state index contributed by atoms with van der Waals surface area (Å²) in [6.45, 7) is 5.48. The van der Waals surface area contributed by atoms with Crippen LogP contribution in [0.5, 0.6) is 0 Å². The Morgan fingerprint density at radius 2 is 2.36 bits per heavy atom. The van der Waals surface area contributed by atoms with Gasteiger partial charge in [-0.25, -0.2) is 0 Å². The Labute approximate surface area is 68.6 Å². The van der Waals surface area contributed by atoms with Crippen molar-refractivity contribution in [3.63, 3.8) is 0 Å². The van der Waals surface area contributed by atoms with E-state index in [-0.39, 0.29) is 0 Å². The van der Waals surface area contributed by atoms with Crippen molar-refractivity contribution in [2.75, 3.05) is 13.2 Å². The van der Waals surface area contributed by atoms with Gasteiger partial charge in [0.15, 0.2) is 0 Å². The lowest BCUT2D eigenvalue weighted by atomic mass is 9.89. The molecular formula is C9H18O2. The molecule has 11 heavy (non-hydrogen) atoms. The Bertz CT molecular complexity index is 112. The first-order valence-corrected chi connectivity index (χ1v) is 4.50. The molecule has 2 nitrogen and oxygen atoms in total. The zero-order valence-corrected chi connectivity index (χ0v) is 7.42. The number of aliphatic hydroxyl groups excluding tert-OH is 1. The fraction of sp³-hybridized carbons (Fsp3) is 1.00. The molecule has 2 heteroatoms. The molecule has 3 atom stereocenters. The SMILES string of the molecule is CCC(C)CC1OCC1CO. The van der Waals surface area contributed by atoms with E-state index < -0.39 is 0 Å². The van der Waals surface area contributed by atoms with Crippen LogP contribution in [-0.4, -0.2) is 24.4 Å². The van der Waals surface area contributed by atoms with E-state index in [1.807, 2.05) is 0 Å². The van der Waals surface area contributed by atoms with Crippen molar-refractivity contribution in [3.05, 3.63) is 0 Å². The Kier molecular flexibility index (Phi) is 3.34. The highest BCUT2D eigenvalue weighted by Gasteiger charge is 2.31. The van der Waals surface area contributed by atoms with Crippen LogP contribution in [0.3, 0.4) is 0 Å². The van der Waals surface area contributed by atoms with Gasteiger partial charge in [-0.2, -0.15) is 0 Å². The molecule has 1 aliphatic heterocycles. The van der Waals surface area contributed by atoms with Crippen LogP contribution in [0.4, 0.5) is 0 Å². The molecule has 1 aliphatic rings. The van der Waals surface area contributed by atoms with Crippen molar-refractivity contribution in [1.29, 1.82) is 0 Å². The summed E-state index contributed by atoms with van der Waals surface area (Å²) in [5.74, 6) is 1.15. The summed E-state index contributed by atoms with van der Waals surface area (Å²) in [5, 5.41) is 8.86. The van der Waals surface area contributed by atoms with Gasteiger partial charge in [-0.15, -0.1) is 0 Å². The molecule has 66 valence electrons. The average Bonchev–Trinajstić information content (AvgIpc) is 1.98. The molecular weight excluding hydrogens is 140 g/mol. The van der Waals surface area contributed by atoms with Crippen LogP contribution in [0.15, 0.2) is 0 Å². The molecule has 0 aromatic rings. The van der Waals surface area contributed by atoms with Crippen molar-refractivity contribution < 1.29 is 9.84 Å². The maximum Gasteiger partial charge on any atom is 0.0650 e. The predicted molar refractivity (Wildman–Crippen MR) is 44.4 cm³/mol. The van der Waals surface area contributed by atoms with Crippen LogP contribution in [0.1, 0.15) is 26.7 Å². The van der Waals surface area contributed by atoms with Gasteiger partial charge >= 0.3 is 0 Å². The number of hydrogen-bond donors (Lipinski definition) is 1.